The molecule has 1 aromatic rings. The van der Waals surface area contributed by atoms with Crippen molar-refractivity contribution in [3.05, 3.63) is 29.8 Å². The van der Waals surface area contributed by atoms with Gasteiger partial charge in [-0.1, -0.05) is 25.0 Å². The topological polar surface area (TPSA) is 63.6 Å². The molecule has 0 heterocycles. The zero-order valence-electron chi connectivity index (χ0n) is 11.7. The summed E-state index contributed by atoms with van der Waals surface area (Å²) in [5, 5.41) is 9.26. The second-order valence-corrected chi connectivity index (χ2v) is 5.32. The summed E-state index contributed by atoms with van der Waals surface area (Å²) in [6.07, 6.45) is 3.73. The molecule has 0 saturated heterocycles. The summed E-state index contributed by atoms with van der Waals surface area (Å²) in [6, 6.07) is 7.10. The van der Waals surface area contributed by atoms with E-state index in [-0.39, 0.29) is 24.0 Å². The largest absolute Gasteiger partial charge is 0.496 e. The van der Waals surface area contributed by atoms with Gasteiger partial charge in [-0.25, -0.2) is 0 Å². The molecule has 0 aromatic heterocycles. The monoisotopic (exact) mass is 276 g/mol. The molecule has 4 nitrogen and oxygen atoms in total. The second kappa shape index (κ2) is 6.55. The average Bonchev–Trinajstić information content (AvgIpc) is 2.47. The van der Waals surface area contributed by atoms with Gasteiger partial charge in [0.25, 0.3) is 0 Å². The van der Waals surface area contributed by atoms with Gasteiger partial charge in [0.2, 0.25) is 0 Å². The molecular weight excluding hydrogens is 256 g/mol. The number of carboxylic acids is 1. The van der Waals surface area contributed by atoms with Crippen molar-refractivity contribution in [3.63, 3.8) is 0 Å². The summed E-state index contributed by atoms with van der Waals surface area (Å²) in [6.45, 7) is 0. The van der Waals surface area contributed by atoms with Gasteiger partial charge in [0.1, 0.15) is 5.75 Å². The predicted molar refractivity (Wildman–Crippen MR) is 75.0 cm³/mol. The predicted octanol–water partition coefficient (Wildman–Crippen LogP) is 3.16. The maximum Gasteiger partial charge on any atom is 0.306 e. The number of methoxy groups -OCH3 is 1. The number of carboxylic acid groups (broad SMARTS) is 1. The smallest absolute Gasteiger partial charge is 0.306 e. The number of aliphatic carboxylic acids is 1. The van der Waals surface area contributed by atoms with E-state index in [1.54, 1.807) is 18.2 Å². The lowest BCUT2D eigenvalue weighted by molar-refractivity contribution is -0.144. The Hall–Kier alpha value is -1.84. The van der Waals surface area contributed by atoms with Gasteiger partial charge in [-0.2, -0.15) is 0 Å². The molecule has 1 N–H and O–H groups in total. The van der Waals surface area contributed by atoms with E-state index in [4.69, 9.17) is 4.74 Å². The zero-order valence-corrected chi connectivity index (χ0v) is 11.7. The molecule has 20 heavy (non-hydrogen) atoms. The lowest BCUT2D eigenvalue weighted by Gasteiger charge is -2.28. The fourth-order valence-electron chi connectivity index (χ4n) is 3.00. The SMILES string of the molecule is COc1ccccc1C(=O)CC1CCCCC1C(=O)O. The Kier molecular flexibility index (Phi) is 4.77. The molecule has 2 atom stereocenters. The fourth-order valence-corrected chi connectivity index (χ4v) is 3.00. The van der Waals surface area contributed by atoms with Crippen LogP contribution in [0.2, 0.25) is 0 Å². The van der Waals surface area contributed by atoms with Crippen LogP contribution in [0.5, 0.6) is 5.75 Å². The number of Topliss-reactive ketones (excluding diaryl/α,β-unsaturated/α-hetero) is 1. The Balaban J connectivity index is 2.11. The van der Waals surface area contributed by atoms with Crippen molar-refractivity contribution in [2.45, 2.75) is 32.1 Å². The maximum atomic E-state index is 12.4. The summed E-state index contributed by atoms with van der Waals surface area (Å²) < 4.78 is 5.19. The van der Waals surface area contributed by atoms with Gasteiger partial charge in [0, 0.05) is 6.42 Å². The van der Waals surface area contributed by atoms with Gasteiger partial charge in [-0.3, -0.25) is 9.59 Å². The molecule has 4 heteroatoms. The van der Waals surface area contributed by atoms with E-state index in [9.17, 15) is 14.7 Å². The number of benzene rings is 1. The number of hydrogen-bond acceptors (Lipinski definition) is 3. The number of carbonyl (C=O) groups excluding carboxylic acids is 1. The molecule has 2 unspecified atom stereocenters. The van der Waals surface area contributed by atoms with Crippen molar-refractivity contribution in [1.82, 2.24) is 0 Å². The van der Waals surface area contributed by atoms with E-state index in [1.165, 1.54) is 7.11 Å². The number of ketones is 1. The lowest BCUT2D eigenvalue weighted by Crippen LogP contribution is -2.28. The standard InChI is InChI=1S/C16H20O4/c1-20-15-9-5-4-8-13(15)14(17)10-11-6-2-3-7-12(11)16(18)19/h4-5,8-9,11-12H,2-3,6-7,10H2,1H3,(H,18,19). The minimum atomic E-state index is -0.775. The normalized spacial score (nSPS) is 22.2. The van der Waals surface area contributed by atoms with Crippen LogP contribution in [0.1, 0.15) is 42.5 Å². The van der Waals surface area contributed by atoms with Crippen LogP contribution in [0.15, 0.2) is 24.3 Å². The van der Waals surface area contributed by atoms with Crippen LogP contribution in [-0.4, -0.2) is 24.0 Å². The first-order chi connectivity index (χ1) is 9.63. The Bertz CT molecular complexity index is 495. The van der Waals surface area contributed by atoms with E-state index < -0.39 is 5.97 Å². The first kappa shape index (κ1) is 14.6. The van der Waals surface area contributed by atoms with Crippen molar-refractivity contribution in [3.8, 4) is 5.75 Å². The van der Waals surface area contributed by atoms with Crippen LogP contribution in [0.25, 0.3) is 0 Å². The van der Waals surface area contributed by atoms with Crippen LogP contribution in [0.4, 0.5) is 0 Å². The molecule has 0 aliphatic heterocycles. The Morgan fingerprint density at radius 1 is 1.25 bits per heavy atom. The molecule has 0 amide bonds. The zero-order chi connectivity index (χ0) is 14.5. The Morgan fingerprint density at radius 3 is 2.65 bits per heavy atom. The molecule has 108 valence electrons. The van der Waals surface area contributed by atoms with Crippen molar-refractivity contribution < 1.29 is 19.4 Å². The summed E-state index contributed by atoms with van der Waals surface area (Å²) in [7, 11) is 1.53. The minimum Gasteiger partial charge on any atom is -0.496 e. The molecule has 0 bridgehead atoms. The number of carbonyl (C=O) groups is 2. The molecule has 1 aromatic carbocycles. The van der Waals surface area contributed by atoms with Crippen LogP contribution in [0.3, 0.4) is 0 Å². The highest BCUT2D eigenvalue weighted by atomic mass is 16.5. The highest BCUT2D eigenvalue weighted by Gasteiger charge is 2.32. The fraction of sp³-hybridized carbons (Fsp3) is 0.500. The number of ether oxygens (including phenoxy) is 1. The van der Waals surface area contributed by atoms with Gasteiger partial charge in [-0.05, 0) is 30.9 Å². The van der Waals surface area contributed by atoms with E-state index >= 15 is 0 Å². The van der Waals surface area contributed by atoms with Crippen LogP contribution in [-0.2, 0) is 4.79 Å². The highest BCUT2D eigenvalue weighted by Crippen LogP contribution is 2.34. The van der Waals surface area contributed by atoms with Crippen molar-refractivity contribution in [2.75, 3.05) is 7.11 Å². The molecule has 1 aliphatic carbocycles. The Morgan fingerprint density at radius 2 is 1.95 bits per heavy atom. The minimum absolute atomic E-state index is 0.0272. The number of para-hydroxylation sites is 1. The van der Waals surface area contributed by atoms with E-state index in [0.717, 1.165) is 19.3 Å². The van der Waals surface area contributed by atoms with E-state index in [0.29, 0.717) is 17.7 Å². The third kappa shape index (κ3) is 3.18. The van der Waals surface area contributed by atoms with Crippen LogP contribution in [0, 0.1) is 11.8 Å². The quantitative estimate of drug-likeness (QED) is 0.839. The van der Waals surface area contributed by atoms with Crippen molar-refractivity contribution >= 4 is 11.8 Å². The van der Waals surface area contributed by atoms with Crippen molar-refractivity contribution in [1.29, 1.82) is 0 Å². The molecular formula is C16H20O4. The third-order valence-electron chi connectivity index (χ3n) is 4.08. The van der Waals surface area contributed by atoms with Gasteiger partial charge >= 0.3 is 5.97 Å². The Labute approximate surface area is 118 Å². The van der Waals surface area contributed by atoms with Gasteiger partial charge < -0.3 is 9.84 Å². The maximum absolute atomic E-state index is 12.4. The van der Waals surface area contributed by atoms with Gasteiger partial charge in [-0.15, -0.1) is 0 Å². The molecule has 1 saturated carbocycles. The van der Waals surface area contributed by atoms with Crippen molar-refractivity contribution in [2.24, 2.45) is 11.8 Å². The van der Waals surface area contributed by atoms with Crippen LogP contribution >= 0.6 is 0 Å². The summed E-state index contributed by atoms with van der Waals surface area (Å²) in [5.74, 6) is -0.690. The summed E-state index contributed by atoms with van der Waals surface area (Å²) in [4.78, 5) is 23.7. The lowest BCUT2D eigenvalue weighted by atomic mass is 9.76. The highest BCUT2D eigenvalue weighted by molar-refractivity contribution is 5.99. The molecule has 1 aliphatic rings. The number of rotatable bonds is 5. The average molecular weight is 276 g/mol. The summed E-state index contributed by atoms with van der Waals surface area (Å²) >= 11 is 0. The van der Waals surface area contributed by atoms with Gasteiger partial charge in [0.15, 0.2) is 5.78 Å². The van der Waals surface area contributed by atoms with E-state index in [1.807, 2.05) is 6.07 Å². The molecule has 1 fully saturated rings. The number of hydrogen-bond donors (Lipinski definition) is 1. The van der Waals surface area contributed by atoms with Crippen LogP contribution < -0.4 is 4.74 Å². The second-order valence-electron chi connectivity index (χ2n) is 5.32. The summed E-state index contributed by atoms with van der Waals surface area (Å²) in [5.41, 5.74) is 0.546. The van der Waals surface area contributed by atoms with E-state index in [2.05, 4.69) is 0 Å². The molecule has 2 rings (SSSR count). The van der Waals surface area contributed by atoms with Gasteiger partial charge in [0.05, 0.1) is 18.6 Å². The first-order valence-electron chi connectivity index (χ1n) is 7.02. The molecule has 0 radical (unpaired) electrons. The molecule has 0 spiro atoms. The first-order valence-corrected chi connectivity index (χ1v) is 7.02. The third-order valence-corrected chi connectivity index (χ3v) is 4.08.